The fraction of sp³-hybridized carbons (Fsp3) is 1.00. The number of nitrogens with one attached hydrogen (secondary N) is 1. The highest BCUT2D eigenvalue weighted by molar-refractivity contribution is 4.67. The minimum Gasteiger partial charge on any atom is -0.385 e. The number of piperidine rings is 1. The van der Waals surface area contributed by atoms with Crippen LogP contribution >= 0.6 is 0 Å². The Hall–Kier alpha value is -0.0800. The Morgan fingerprint density at radius 2 is 1.85 bits per heavy atom. The average molecular weight is 187 g/mol. The van der Waals surface area contributed by atoms with Gasteiger partial charge in [0.1, 0.15) is 0 Å². The highest BCUT2D eigenvalue weighted by Crippen LogP contribution is 2.17. The number of methoxy groups -OCH3 is 1. The van der Waals surface area contributed by atoms with Gasteiger partial charge in [0.2, 0.25) is 0 Å². The van der Waals surface area contributed by atoms with Crippen LogP contribution in [-0.4, -0.2) is 26.8 Å². The quantitative estimate of drug-likeness (QED) is 0.683. The number of hydrogen-bond donors (Lipinski definition) is 1. The summed E-state index contributed by atoms with van der Waals surface area (Å²) in [4.78, 5) is 0. The van der Waals surface area contributed by atoms with Gasteiger partial charge in [0, 0.05) is 13.7 Å². The molecule has 0 spiro atoms. The summed E-state index contributed by atoms with van der Waals surface area (Å²) in [5.74, 6) is 0.964. The maximum Gasteiger partial charge on any atom is 0.0462 e. The van der Waals surface area contributed by atoms with Crippen LogP contribution in [0.2, 0.25) is 0 Å². The van der Waals surface area contributed by atoms with E-state index in [9.17, 15) is 0 Å². The molecule has 0 aromatic heterocycles. The molecule has 2 nitrogen and oxygen atoms in total. The van der Waals surface area contributed by atoms with Gasteiger partial charge in [-0.05, 0) is 44.7 Å². The number of hydrogen-bond acceptors (Lipinski definition) is 2. The first-order valence-electron chi connectivity index (χ1n) is 5.63. The maximum atomic E-state index is 5.02. The minimum absolute atomic E-state index is 0.934. The fourth-order valence-corrected chi connectivity index (χ4v) is 1.69. The molecule has 0 aliphatic carbocycles. The second-order valence-corrected chi connectivity index (χ2v) is 3.33. The van der Waals surface area contributed by atoms with Crippen molar-refractivity contribution in [2.24, 2.45) is 5.92 Å². The highest BCUT2D eigenvalue weighted by atomic mass is 16.5. The lowest BCUT2D eigenvalue weighted by Gasteiger charge is -2.22. The second kappa shape index (κ2) is 10.0. The molecular weight excluding hydrogens is 162 g/mol. The van der Waals surface area contributed by atoms with Crippen molar-refractivity contribution < 1.29 is 4.74 Å². The van der Waals surface area contributed by atoms with E-state index in [0.717, 1.165) is 12.5 Å². The van der Waals surface area contributed by atoms with Gasteiger partial charge in [-0.25, -0.2) is 0 Å². The highest BCUT2D eigenvalue weighted by Gasteiger charge is 2.11. The smallest absolute Gasteiger partial charge is 0.0462 e. The van der Waals surface area contributed by atoms with Gasteiger partial charge in [-0.1, -0.05) is 13.8 Å². The lowest BCUT2D eigenvalue weighted by molar-refractivity contribution is 0.182. The van der Waals surface area contributed by atoms with Gasteiger partial charge in [-0.3, -0.25) is 0 Å². The lowest BCUT2D eigenvalue weighted by Crippen LogP contribution is -2.27. The summed E-state index contributed by atoms with van der Waals surface area (Å²) in [5, 5.41) is 3.37. The molecule has 0 aromatic rings. The molecule has 80 valence electrons. The Kier molecular flexibility index (Phi) is 9.94. The van der Waals surface area contributed by atoms with Crippen molar-refractivity contribution in [1.29, 1.82) is 0 Å². The maximum absolute atomic E-state index is 5.02. The zero-order chi connectivity index (χ0) is 9.94. The van der Waals surface area contributed by atoms with Crippen LogP contribution in [0.15, 0.2) is 0 Å². The van der Waals surface area contributed by atoms with E-state index in [4.69, 9.17) is 4.74 Å². The van der Waals surface area contributed by atoms with Crippen LogP contribution in [0, 0.1) is 5.92 Å². The first-order chi connectivity index (χ1) is 6.43. The van der Waals surface area contributed by atoms with E-state index >= 15 is 0 Å². The minimum atomic E-state index is 0.934. The number of ether oxygens (including phenoxy) is 1. The van der Waals surface area contributed by atoms with Crippen LogP contribution < -0.4 is 5.32 Å². The molecule has 1 N–H and O–H groups in total. The van der Waals surface area contributed by atoms with E-state index in [1.165, 1.54) is 38.8 Å². The number of rotatable bonds is 4. The zero-order valence-electron chi connectivity index (χ0n) is 9.44. The van der Waals surface area contributed by atoms with Crippen molar-refractivity contribution in [3.8, 4) is 0 Å². The van der Waals surface area contributed by atoms with Crippen molar-refractivity contribution in [2.75, 3.05) is 26.8 Å². The van der Waals surface area contributed by atoms with Crippen LogP contribution in [0.25, 0.3) is 0 Å². The topological polar surface area (TPSA) is 21.3 Å². The Labute approximate surface area is 83.1 Å². The normalized spacial score (nSPS) is 17.8. The Balaban J connectivity index is 0.000000671. The summed E-state index contributed by atoms with van der Waals surface area (Å²) in [5.41, 5.74) is 0. The van der Waals surface area contributed by atoms with E-state index in [1.807, 2.05) is 13.8 Å². The molecule has 1 aliphatic rings. The molecule has 2 heteroatoms. The predicted molar refractivity (Wildman–Crippen MR) is 58.1 cm³/mol. The molecular formula is C11H25NO. The molecule has 1 aliphatic heterocycles. The molecule has 1 heterocycles. The van der Waals surface area contributed by atoms with Gasteiger partial charge in [0.15, 0.2) is 0 Å². The van der Waals surface area contributed by atoms with Crippen LogP contribution in [0.4, 0.5) is 0 Å². The van der Waals surface area contributed by atoms with Crippen molar-refractivity contribution in [1.82, 2.24) is 5.32 Å². The van der Waals surface area contributed by atoms with Gasteiger partial charge in [-0.2, -0.15) is 0 Å². The van der Waals surface area contributed by atoms with Crippen LogP contribution in [0.1, 0.15) is 39.5 Å². The Morgan fingerprint density at radius 1 is 1.23 bits per heavy atom. The monoisotopic (exact) mass is 187 g/mol. The summed E-state index contributed by atoms with van der Waals surface area (Å²) < 4.78 is 5.02. The first-order valence-corrected chi connectivity index (χ1v) is 5.63. The van der Waals surface area contributed by atoms with E-state index < -0.39 is 0 Å². The van der Waals surface area contributed by atoms with Crippen LogP contribution in [-0.2, 0) is 4.74 Å². The molecule has 0 unspecified atom stereocenters. The Bertz CT molecular complexity index is 90.1. The van der Waals surface area contributed by atoms with E-state index in [2.05, 4.69) is 5.32 Å². The summed E-state index contributed by atoms with van der Waals surface area (Å²) in [7, 11) is 1.78. The summed E-state index contributed by atoms with van der Waals surface area (Å²) in [6.07, 6.45) is 5.32. The lowest BCUT2D eigenvalue weighted by atomic mass is 9.93. The van der Waals surface area contributed by atoms with Crippen molar-refractivity contribution in [2.45, 2.75) is 39.5 Å². The molecule has 1 saturated heterocycles. The van der Waals surface area contributed by atoms with Crippen molar-refractivity contribution in [3.63, 3.8) is 0 Å². The summed E-state index contributed by atoms with van der Waals surface area (Å²) in [6.45, 7) is 7.37. The molecule has 0 atom stereocenters. The third-order valence-corrected chi connectivity index (χ3v) is 2.42. The third-order valence-electron chi connectivity index (χ3n) is 2.42. The SMILES string of the molecule is CC.COCCCC1CCNCC1. The van der Waals surface area contributed by atoms with Crippen molar-refractivity contribution >= 4 is 0 Å². The summed E-state index contributed by atoms with van der Waals surface area (Å²) in [6, 6.07) is 0. The largest absolute Gasteiger partial charge is 0.385 e. The van der Waals surface area contributed by atoms with Crippen molar-refractivity contribution in [3.05, 3.63) is 0 Å². The van der Waals surface area contributed by atoms with Crippen LogP contribution in [0.5, 0.6) is 0 Å². The molecule has 0 amide bonds. The van der Waals surface area contributed by atoms with Gasteiger partial charge in [0.25, 0.3) is 0 Å². The molecule has 0 bridgehead atoms. The summed E-state index contributed by atoms with van der Waals surface area (Å²) >= 11 is 0. The van der Waals surface area contributed by atoms with Gasteiger partial charge in [-0.15, -0.1) is 0 Å². The van der Waals surface area contributed by atoms with Gasteiger partial charge in [0.05, 0.1) is 0 Å². The standard InChI is InChI=1S/C9H19NO.C2H6/c1-11-8-2-3-9-4-6-10-7-5-9;1-2/h9-10H,2-8H2,1H3;1-2H3. The Morgan fingerprint density at radius 3 is 2.38 bits per heavy atom. The molecule has 1 rings (SSSR count). The molecule has 0 saturated carbocycles. The third kappa shape index (κ3) is 7.03. The molecule has 13 heavy (non-hydrogen) atoms. The second-order valence-electron chi connectivity index (χ2n) is 3.33. The average Bonchev–Trinajstić information content (AvgIpc) is 2.23. The van der Waals surface area contributed by atoms with Gasteiger partial charge >= 0.3 is 0 Å². The van der Waals surface area contributed by atoms with E-state index in [0.29, 0.717) is 0 Å². The fourth-order valence-electron chi connectivity index (χ4n) is 1.69. The molecule has 0 aromatic carbocycles. The molecule has 1 fully saturated rings. The van der Waals surface area contributed by atoms with E-state index in [-0.39, 0.29) is 0 Å². The first kappa shape index (κ1) is 12.9. The van der Waals surface area contributed by atoms with Crippen LogP contribution in [0.3, 0.4) is 0 Å². The zero-order valence-corrected chi connectivity index (χ0v) is 9.44. The molecule has 0 radical (unpaired) electrons. The van der Waals surface area contributed by atoms with Gasteiger partial charge < -0.3 is 10.1 Å². The predicted octanol–water partition coefficient (Wildman–Crippen LogP) is 2.44. The van der Waals surface area contributed by atoms with E-state index in [1.54, 1.807) is 7.11 Å².